The number of hydrogen-bond acceptors (Lipinski definition) is 3. The summed E-state index contributed by atoms with van der Waals surface area (Å²) in [6, 6.07) is 10.5. The first kappa shape index (κ1) is 22.9. The van der Waals surface area contributed by atoms with E-state index >= 15 is 0 Å². The Morgan fingerprint density at radius 1 is 0.923 bits per heavy atom. The molecule has 0 aliphatic rings. The average Bonchev–Trinajstić information content (AvgIpc) is 2.44. The van der Waals surface area contributed by atoms with Gasteiger partial charge in [-0.1, -0.05) is 30.3 Å². The minimum atomic E-state index is -3.61. The lowest BCUT2D eigenvalue weighted by Gasteiger charge is -2.35. The molecule has 0 saturated carbocycles. The van der Waals surface area contributed by atoms with Gasteiger partial charge in [-0.25, -0.2) is 4.57 Å². The molecule has 1 aromatic rings. The first-order valence-electron chi connectivity index (χ1n) is 9.42. The van der Waals surface area contributed by atoms with Crippen LogP contribution in [0.5, 0.6) is 0 Å². The molecule has 6 heteroatoms. The summed E-state index contributed by atoms with van der Waals surface area (Å²) in [4.78, 5) is 2.17. The van der Waals surface area contributed by atoms with Gasteiger partial charge in [0.25, 0.3) is 0 Å². The molecule has 0 aliphatic carbocycles. The Kier molecular flexibility index (Phi) is 9.02. The first-order valence-corrected chi connectivity index (χ1v) is 10.9. The van der Waals surface area contributed by atoms with Crippen LogP contribution in [0.4, 0.5) is 0 Å². The van der Waals surface area contributed by atoms with E-state index < -0.39 is 7.75 Å². The maximum atomic E-state index is 13.3. The van der Waals surface area contributed by atoms with Gasteiger partial charge in [-0.15, -0.1) is 0 Å². The highest BCUT2D eigenvalue weighted by molar-refractivity contribution is 7.52. The molecule has 0 N–H and O–H groups in total. The lowest BCUT2D eigenvalue weighted by atomic mass is 10.1. The van der Waals surface area contributed by atoms with Crippen LogP contribution in [-0.2, 0) is 20.0 Å². The molecule has 0 atom stereocenters. The molecular weight excluding hydrogens is 347 g/mol. The van der Waals surface area contributed by atoms with Crippen molar-refractivity contribution in [1.82, 2.24) is 4.90 Å². The van der Waals surface area contributed by atoms with Crippen LogP contribution in [0.15, 0.2) is 35.1 Å². The number of nitrogens with zero attached hydrogens (tertiary/aromatic N) is 2. The second-order valence-electron chi connectivity index (χ2n) is 7.55. The molecule has 0 radical (unpaired) electrons. The highest BCUT2D eigenvalue weighted by Crippen LogP contribution is 2.52. The zero-order valence-corrected chi connectivity index (χ0v) is 18.4. The van der Waals surface area contributed by atoms with Crippen molar-refractivity contribution < 1.29 is 13.6 Å². The van der Waals surface area contributed by atoms with Crippen LogP contribution in [0.25, 0.3) is 0 Å². The van der Waals surface area contributed by atoms with Gasteiger partial charge in [0, 0.05) is 18.5 Å². The number of benzene rings is 1. The highest BCUT2D eigenvalue weighted by Gasteiger charge is 2.30. The van der Waals surface area contributed by atoms with Crippen molar-refractivity contribution in [2.45, 2.75) is 86.1 Å². The molecule has 5 nitrogen and oxygen atoms in total. The van der Waals surface area contributed by atoms with Crippen LogP contribution in [0.1, 0.15) is 61.0 Å². The molecule has 1 rings (SSSR count). The molecular formula is C20H35N2O3P. The Labute approximate surface area is 159 Å². The van der Waals surface area contributed by atoms with E-state index in [1.807, 2.05) is 58.0 Å². The normalized spacial score (nSPS) is 13.3. The Morgan fingerprint density at radius 3 is 1.77 bits per heavy atom. The molecule has 1 aromatic carbocycles. The lowest BCUT2D eigenvalue weighted by molar-refractivity contribution is 0.142. The highest BCUT2D eigenvalue weighted by atomic mass is 31.2. The third-order valence-electron chi connectivity index (χ3n) is 3.54. The molecule has 0 spiro atoms. The Morgan fingerprint density at radius 2 is 1.38 bits per heavy atom. The third kappa shape index (κ3) is 7.61. The van der Waals surface area contributed by atoms with E-state index in [0.717, 1.165) is 11.4 Å². The topological polar surface area (TPSA) is 51.1 Å². The maximum Gasteiger partial charge on any atom is 0.456 e. The number of amidine groups is 1. The molecule has 0 bridgehead atoms. The molecule has 0 amide bonds. The van der Waals surface area contributed by atoms with E-state index in [0.29, 0.717) is 6.42 Å². The van der Waals surface area contributed by atoms with Crippen molar-refractivity contribution in [1.29, 1.82) is 0 Å². The monoisotopic (exact) mass is 382 g/mol. The van der Waals surface area contributed by atoms with Crippen LogP contribution >= 0.6 is 7.75 Å². The van der Waals surface area contributed by atoms with Gasteiger partial charge >= 0.3 is 7.75 Å². The molecule has 0 aromatic heterocycles. The van der Waals surface area contributed by atoms with Crippen LogP contribution in [0.3, 0.4) is 0 Å². The zero-order chi connectivity index (χ0) is 19.9. The van der Waals surface area contributed by atoms with Gasteiger partial charge < -0.3 is 4.90 Å². The van der Waals surface area contributed by atoms with E-state index in [2.05, 4.69) is 37.4 Å². The van der Waals surface area contributed by atoms with Gasteiger partial charge in [-0.3, -0.25) is 9.05 Å². The molecule has 0 fully saturated rings. The summed E-state index contributed by atoms with van der Waals surface area (Å²) in [5, 5.41) is 0. The van der Waals surface area contributed by atoms with Gasteiger partial charge in [-0.2, -0.15) is 4.76 Å². The van der Waals surface area contributed by atoms with E-state index in [9.17, 15) is 4.57 Å². The summed E-state index contributed by atoms with van der Waals surface area (Å²) >= 11 is 0. The fourth-order valence-electron chi connectivity index (χ4n) is 2.90. The van der Waals surface area contributed by atoms with Crippen molar-refractivity contribution in [2.24, 2.45) is 4.76 Å². The Hall–Kier alpha value is -1.16. The third-order valence-corrected chi connectivity index (χ3v) is 5.39. The van der Waals surface area contributed by atoms with Crippen LogP contribution < -0.4 is 0 Å². The summed E-state index contributed by atoms with van der Waals surface area (Å²) in [5.41, 5.74) is 1.11. The predicted molar refractivity (Wildman–Crippen MR) is 110 cm³/mol. The molecule has 26 heavy (non-hydrogen) atoms. The van der Waals surface area contributed by atoms with Crippen LogP contribution in [0.2, 0.25) is 0 Å². The minimum Gasteiger partial charge on any atom is -0.355 e. The van der Waals surface area contributed by atoms with Crippen molar-refractivity contribution in [3.05, 3.63) is 35.9 Å². The molecule has 0 heterocycles. The van der Waals surface area contributed by atoms with Crippen molar-refractivity contribution in [3.8, 4) is 0 Å². The fraction of sp³-hybridized carbons (Fsp3) is 0.650. The van der Waals surface area contributed by atoms with Crippen molar-refractivity contribution >= 4 is 13.6 Å². The van der Waals surface area contributed by atoms with E-state index in [1.54, 1.807) is 0 Å². The average molecular weight is 382 g/mol. The van der Waals surface area contributed by atoms with Gasteiger partial charge in [0.05, 0.1) is 12.2 Å². The Balaban J connectivity index is 3.38. The molecule has 0 unspecified atom stereocenters. The van der Waals surface area contributed by atoms with Gasteiger partial charge in [0.15, 0.2) is 0 Å². The standard InChI is InChI=1S/C20H35N2O3P/c1-15(2)22(16(3)4)20(14-19-12-10-9-11-13-19)21-26(23,24-17(5)6)25-18(7)8/h9-13,15-18H,14H2,1-8H3/b21-20-. The summed E-state index contributed by atoms with van der Waals surface area (Å²) in [7, 11) is -3.61. The van der Waals surface area contributed by atoms with E-state index in [4.69, 9.17) is 9.05 Å². The molecule has 0 aliphatic heterocycles. The van der Waals surface area contributed by atoms with Crippen LogP contribution in [0, 0.1) is 0 Å². The summed E-state index contributed by atoms with van der Waals surface area (Å²) in [6.45, 7) is 15.8. The largest absolute Gasteiger partial charge is 0.456 e. The van der Waals surface area contributed by atoms with Gasteiger partial charge in [0.1, 0.15) is 5.84 Å². The second-order valence-corrected chi connectivity index (χ2v) is 9.11. The van der Waals surface area contributed by atoms with E-state index in [-0.39, 0.29) is 24.3 Å². The minimum absolute atomic E-state index is 0.212. The van der Waals surface area contributed by atoms with Gasteiger partial charge in [-0.05, 0) is 61.0 Å². The number of rotatable bonds is 9. The lowest BCUT2D eigenvalue weighted by Crippen LogP contribution is -2.43. The fourth-order valence-corrected chi connectivity index (χ4v) is 4.56. The molecule has 0 saturated heterocycles. The summed E-state index contributed by atoms with van der Waals surface area (Å²) in [6.07, 6.45) is 0.0881. The van der Waals surface area contributed by atoms with E-state index in [1.165, 1.54) is 0 Å². The van der Waals surface area contributed by atoms with Crippen LogP contribution in [-0.4, -0.2) is 35.0 Å². The SMILES string of the molecule is CC(C)OP(=O)(/N=C(/Cc1ccccc1)N(C(C)C)C(C)C)OC(C)C. The summed E-state index contributed by atoms with van der Waals surface area (Å²) in [5.74, 6) is 0.728. The second kappa shape index (κ2) is 10.2. The van der Waals surface area contributed by atoms with Crippen molar-refractivity contribution in [3.63, 3.8) is 0 Å². The molecule has 148 valence electrons. The quantitative estimate of drug-likeness (QED) is 0.312. The maximum absolute atomic E-state index is 13.3. The summed E-state index contributed by atoms with van der Waals surface area (Å²) < 4.78 is 29.2. The zero-order valence-electron chi connectivity index (χ0n) is 17.5. The predicted octanol–water partition coefficient (Wildman–Crippen LogP) is 5.70. The number of hydrogen-bond donors (Lipinski definition) is 0. The van der Waals surface area contributed by atoms with Gasteiger partial charge in [0.2, 0.25) is 0 Å². The Bertz CT molecular complexity index is 591. The smallest absolute Gasteiger partial charge is 0.355 e. The van der Waals surface area contributed by atoms with Crippen molar-refractivity contribution in [2.75, 3.05) is 0 Å². The first-order chi connectivity index (χ1) is 12.0.